The highest BCUT2D eigenvalue weighted by atomic mass is 32.2. The number of hydrogen-bond donors (Lipinski definition) is 1. The molecule has 1 aromatic heterocycles. The van der Waals surface area contributed by atoms with Gasteiger partial charge in [-0.2, -0.15) is 4.31 Å². The van der Waals surface area contributed by atoms with Crippen molar-refractivity contribution in [2.75, 3.05) is 37.1 Å². The Morgan fingerprint density at radius 1 is 1.06 bits per heavy atom. The molecule has 0 saturated carbocycles. The Morgan fingerprint density at radius 3 is 2.55 bits per heavy atom. The Bertz CT molecular complexity index is 1210. The summed E-state index contributed by atoms with van der Waals surface area (Å²) >= 11 is 0. The number of anilines is 3. The molecule has 7 nitrogen and oxygen atoms in total. The van der Waals surface area contributed by atoms with E-state index in [9.17, 15) is 8.42 Å². The molecule has 1 aliphatic rings. The van der Waals surface area contributed by atoms with Gasteiger partial charge in [-0.1, -0.05) is 18.2 Å². The maximum Gasteiger partial charge on any atom is 0.211 e. The molecule has 8 heteroatoms. The van der Waals surface area contributed by atoms with Crippen LogP contribution in [0.3, 0.4) is 0 Å². The van der Waals surface area contributed by atoms with E-state index in [0.29, 0.717) is 19.5 Å². The largest absolute Gasteiger partial charge is 0.361 e. The molecule has 0 bridgehead atoms. The molecule has 3 aromatic rings. The summed E-state index contributed by atoms with van der Waals surface area (Å²) in [5.74, 6) is 0.815. The van der Waals surface area contributed by atoms with E-state index in [4.69, 9.17) is 0 Å². The van der Waals surface area contributed by atoms with Gasteiger partial charge in [-0.3, -0.25) is 0 Å². The van der Waals surface area contributed by atoms with Crippen LogP contribution in [0.25, 0.3) is 11.3 Å². The maximum absolute atomic E-state index is 11.9. The van der Waals surface area contributed by atoms with Crippen LogP contribution in [0.4, 0.5) is 17.2 Å². The van der Waals surface area contributed by atoms with E-state index in [1.165, 1.54) is 16.1 Å². The Balaban J connectivity index is 1.62. The molecule has 1 N–H and O–H groups in total. The first-order valence-corrected chi connectivity index (χ1v) is 12.0. The molecule has 0 fully saturated rings. The molecule has 0 unspecified atom stereocenters. The van der Waals surface area contributed by atoms with Crippen molar-refractivity contribution in [2.45, 2.75) is 19.9 Å². The van der Waals surface area contributed by atoms with Crippen LogP contribution in [0.2, 0.25) is 0 Å². The van der Waals surface area contributed by atoms with Gasteiger partial charge in [0.05, 0.1) is 11.9 Å². The van der Waals surface area contributed by atoms with Crippen LogP contribution in [0.15, 0.2) is 48.5 Å². The lowest BCUT2D eigenvalue weighted by Gasteiger charge is -2.28. The Labute approximate surface area is 183 Å². The minimum atomic E-state index is -3.19. The standard InChI is InChI=1S/C23H27N5O2S/c1-16-8-9-18(14-20(16)22-10-11-23(26-25-22)27(2)3)24-21-7-5-6-17-15-28(31(4,29)30)13-12-19(17)21/h5-11,14,24H,12-13,15H2,1-4H3. The highest BCUT2D eigenvalue weighted by Gasteiger charge is 2.24. The van der Waals surface area contributed by atoms with Crippen molar-refractivity contribution in [1.82, 2.24) is 14.5 Å². The molecule has 1 aliphatic heterocycles. The van der Waals surface area contributed by atoms with Crippen molar-refractivity contribution >= 4 is 27.2 Å². The Hall–Kier alpha value is -2.97. The summed E-state index contributed by atoms with van der Waals surface area (Å²) in [5, 5.41) is 12.2. The first kappa shape index (κ1) is 21.3. The topological polar surface area (TPSA) is 78.4 Å². The quantitative estimate of drug-likeness (QED) is 0.657. The van der Waals surface area contributed by atoms with Crippen LogP contribution in [0.5, 0.6) is 0 Å². The van der Waals surface area contributed by atoms with Gasteiger partial charge >= 0.3 is 0 Å². The summed E-state index contributed by atoms with van der Waals surface area (Å²) in [4.78, 5) is 1.92. The van der Waals surface area contributed by atoms with Crippen molar-refractivity contribution < 1.29 is 8.42 Å². The van der Waals surface area contributed by atoms with Crippen LogP contribution in [0.1, 0.15) is 16.7 Å². The van der Waals surface area contributed by atoms with Gasteiger partial charge < -0.3 is 10.2 Å². The second-order valence-corrected chi connectivity index (χ2v) is 10.1. The van der Waals surface area contributed by atoms with Crippen LogP contribution < -0.4 is 10.2 Å². The van der Waals surface area contributed by atoms with E-state index in [-0.39, 0.29) is 0 Å². The number of fused-ring (bicyclic) bond motifs is 1. The lowest BCUT2D eigenvalue weighted by molar-refractivity contribution is 0.395. The summed E-state index contributed by atoms with van der Waals surface area (Å²) in [6.45, 7) is 2.97. The number of aromatic nitrogens is 2. The van der Waals surface area contributed by atoms with Gasteiger partial charge in [-0.05, 0) is 60.4 Å². The lowest BCUT2D eigenvalue weighted by Crippen LogP contribution is -2.35. The third-order valence-corrected chi connectivity index (χ3v) is 6.85. The Morgan fingerprint density at radius 2 is 1.87 bits per heavy atom. The number of nitrogens with one attached hydrogen (secondary N) is 1. The first-order valence-electron chi connectivity index (χ1n) is 10.2. The molecule has 2 heterocycles. The lowest BCUT2D eigenvalue weighted by atomic mass is 9.98. The highest BCUT2D eigenvalue weighted by Crippen LogP contribution is 2.32. The molecular weight excluding hydrogens is 410 g/mol. The zero-order valence-corrected chi connectivity index (χ0v) is 19.1. The van der Waals surface area contributed by atoms with Crippen molar-refractivity contribution in [2.24, 2.45) is 0 Å². The number of aryl methyl sites for hydroxylation is 1. The maximum atomic E-state index is 11.9. The first-order chi connectivity index (χ1) is 14.7. The SMILES string of the molecule is Cc1ccc(Nc2cccc3c2CCN(S(C)(=O)=O)C3)cc1-c1ccc(N(C)C)nn1. The van der Waals surface area contributed by atoms with Gasteiger partial charge in [0.15, 0.2) is 5.82 Å². The minimum absolute atomic E-state index is 0.413. The predicted molar refractivity (Wildman–Crippen MR) is 125 cm³/mol. The summed E-state index contributed by atoms with van der Waals surface area (Å²) in [6, 6.07) is 16.2. The minimum Gasteiger partial charge on any atom is -0.361 e. The summed E-state index contributed by atoms with van der Waals surface area (Å²) < 4.78 is 25.4. The van der Waals surface area contributed by atoms with Crippen LogP contribution in [0, 0.1) is 6.92 Å². The van der Waals surface area contributed by atoms with E-state index < -0.39 is 10.0 Å². The summed E-state index contributed by atoms with van der Waals surface area (Å²) in [7, 11) is 0.686. The fraction of sp³-hybridized carbons (Fsp3) is 0.304. The van der Waals surface area contributed by atoms with Crippen LogP contribution in [-0.4, -0.2) is 49.8 Å². The second-order valence-electron chi connectivity index (χ2n) is 8.12. The third-order valence-electron chi connectivity index (χ3n) is 5.60. The van der Waals surface area contributed by atoms with E-state index in [0.717, 1.165) is 39.6 Å². The molecule has 0 amide bonds. The van der Waals surface area contributed by atoms with Crippen LogP contribution in [-0.2, 0) is 23.0 Å². The highest BCUT2D eigenvalue weighted by molar-refractivity contribution is 7.88. The second kappa shape index (κ2) is 8.28. The molecule has 4 rings (SSSR count). The smallest absolute Gasteiger partial charge is 0.211 e. The monoisotopic (exact) mass is 437 g/mol. The summed E-state index contributed by atoms with van der Waals surface area (Å²) in [6.07, 6.45) is 1.95. The van der Waals surface area contributed by atoms with Crippen molar-refractivity contribution in [3.8, 4) is 11.3 Å². The van der Waals surface area contributed by atoms with E-state index >= 15 is 0 Å². The third kappa shape index (κ3) is 4.55. The van der Waals surface area contributed by atoms with Crippen molar-refractivity contribution in [3.63, 3.8) is 0 Å². The molecule has 162 valence electrons. The van der Waals surface area contributed by atoms with E-state index in [1.807, 2.05) is 55.4 Å². The van der Waals surface area contributed by atoms with Gasteiger partial charge in [0.25, 0.3) is 0 Å². The average molecular weight is 438 g/mol. The summed E-state index contributed by atoms with van der Waals surface area (Å²) in [5.41, 5.74) is 7.14. The molecule has 0 spiro atoms. The number of rotatable bonds is 5. The van der Waals surface area contributed by atoms with Gasteiger partial charge in [0.2, 0.25) is 10.0 Å². The Kier molecular flexibility index (Phi) is 5.68. The van der Waals surface area contributed by atoms with Crippen molar-refractivity contribution in [3.05, 3.63) is 65.2 Å². The van der Waals surface area contributed by atoms with Gasteiger partial charge in [-0.25, -0.2) is 8.42 Å². The van der Waals surface area contributed by atoms with E-state index in [2.05, 4.69) is 34.6 Å². The van der Waals surface area contributed by atoms with E-state index in [1.54, 1.807) is 0 Å². The molecule has 0 aliphatic carbocycles. The number of hydrogen-bond acceptors (Lipinski definition) is 6. The molecule has 0 saturated heterocycles. The average Bonchev–Trinajstić information content (AvgIpc) is 2.74. The van der Waals surface area contributed by atoms with Crippen LogP contribution >= 0.6 is 0 Å². The molecule has 0 radical (unpaired) electrons. The van der Waals surface area contributed by atoms with Crippen molar-refractivity contribution in [1.29, 1.82) is 0 Å². The molecule has 2 aromatic carbocycles. The number of nitrogens with zero attached hydrogens (tertiary/aromatic N) is 4. The van der Waals surface area contributed by atoms with Gasteiger partial charge in [0.1, 0.15) is 0 Å². The van der Waals surface area contributed by atoms with Gasteiger partial charge in [-0.15, -0.1) is 10.2 Å². The molecule has 31 heavy (non-hydrogen) atoms. The predicted octanol–water partition coefficient (Wildman–Crippen LogP) is 3.58. The zero-order chi connectivity index (χ0) is 22.2. The fourth-order valence-corrected chi connectivity index (χ4v) is 4.62. The van der Waals surface area contributed by atoms with Gasteiger partial charge in [0, 0.05) is 44.1 Å². The fourth-order valence-electron chi connectivity index (χ4n) is 3.82. The number of sulfonamides is 1. The normalized spacial score (nSPS) is 14.2. The zero-order valence-electron chi connectivity index (χ0n) is 18.3. The molecule has 0 atom stereocenters. The molecular formula is C23H27N5O2S. The number of benzene rings is 2.